The minimum absolute atomic E-state index is 0.0248. The number of rotatable bonds is 4. The average molecular weight is 281 g/mol. The molecule has 0 bridgehead atoms. The lowest BCUT2D eigenvalue weighted by atomic mass is 10.2. The highest BCUT2D eigenvalue weighted by Crippen LogP contribution is 2.31. The standard InChI is InChI=1S/C10H10Cl2O3S/c11-9-3-7(10(12)16-9)8(13)5-15-6-1-2-14-4-6/h3,6H,1-2,4-5H2. The molecule has 1 saturated heterocycles. The predicted molar refractivity (Wildman–Crippen MR) is 63.8 cm³/mol. The predicted octanol–water partition coefficient (Wildman–Crippen LogP) is 3.04. The molecule has 1 aliphatic rings. The fourth-order valence-corrected chi connectivity index (χ4v) is 2.95. The molecule has 1 unspecified atom stereocenters. The maximum Gasteiger partial charge on any atom is 0.190 e. The third kappa shape index (κ3) is 2.96. The normalized spacial score (nSPS) is 20.2. The Morgan fingerprint density at radius 3 is 3.00 bits per heavy atom. The summed E-state index contributed by atoms with van der Waals surface area (Å²) in [5, 5.41) is 0. The van der Waals surface area contributed by atoms with Crippen LogP contribution < -0.4 is 0 Å². The molecule has 0 aromatic carbocycles. The highest BCUT2D eigenvalue weighted by molar-refractivity contribution is 7.20. The number of thiophene rings is 1. The van der Waals surface area contributed by atoms with Gasteiger partial charge in [0.2, 0.25) is 0 Å². The summed E-state index contributed by atoms with van der Waals surface area (Å²) in [5.74, 6) is -0.139. The molecule has 0 saturated carbocycles. The molecule has 6 heteroatoms. The zero-order chi connectivity index (χ0) is 11.5. The average Bonchev–Trinajstić information content (AvgIpc) is 2.84. The number of hydrogen-bond acceptors (Lipinski definition) is 4. The molecule has 0 spiro atoms. The van der Waals surface area contributed by atoms with Gasteiger partial charge in [-0.2, -0.15) is 0 Å². The van der Waals surface area contributed by atoms with Crippen LogP contribution >= 0.6 is 34.5 Å². The topological polar surface area (TPSA) is 35.5 Å². The van der Waals surface area contributed by atoms with E-state index in [9.17, 15) is 4.79 Å². The van der Waals surface area contributed by atoms with Gasteiger partial charge in [0.1, 0.15) is 10.9 Å². The summed E-state index contributed by atoms with van der Waals surface area (Å²) >= 11 is 12.8. The van der Waals surface area contributed by atoms with E-state index in [0.29, 0.717) is 27.4 Å². The molecule has 1 aliphatic heterocycles. The first-order valence-corrected chi connectivity index (χ1v) is 6.41. The van der Waals surface area contributed by atoms with E-state index < -0.39 is 0 Å². The SMILES string of the molecule is O=C(COC1CCOC1)c1cc(Cl)sc1Cl. The van der Waals surface area contributed by atoms with Crippen LogP contribution in [0, 0.1) is 0 Å². The molecule has 2 heterocycles. The minimum atomic E-state index is -0.139. The van der Waals surface area contributed by atoms with Gasteiger partial charge < -0.3 is 9.47 Å². The summed E-state index contributed by atoms with van der Waals surface area (Å²) in [5.41, 5.74) is 0.440. The second-order valence-electron chi connectivity index (χ2n) is 3.46. The number of ketones is 1. The first-order valence-electron chi connectivity index (χ1n) is 4.84. The van der Waals surface area contributed by atoms with Gasteiger partial charge in [-0.1, -0.05) is 23.2 Å². The molecule has 1 aromatic heterocycles. The maximum atomic E-state index is 11.7. The molecular weight excluding hydrogens is 271 g/mol. The van der Waals surface area contributed by atoms with Crippen molar-refractivity contribution >= 4 is 40.3 Å². The minimum Gasteiger partial charge on any atom is -0.379 e. The molecule has 3 nitrogen and oxygen atoms in total. The molecule has 88 valence electrons. The molecule has 16 heavy (non-hydrogen) atoms. The van der Waals surface area contributed by atoms with Gasteiger partial charge in [0, 0.05) is 6.61 Å². The summed E-state index contributed by atoms with van der Waals surface area (Å²) in [7, 11) is 0. The summed E-state index contributed by atoms with van der Waals surface area (Å²) in [6, 6.07) is 1.57. The highest BCUT2D eigenvalue weighted by atomic mass is 35.5. The first kappa shape index (κ1) is 12.3. The van der Waals surface area contributed by atoms with E-state index in [4.69, 9.17) is 32.7 Å². The van der Waals surface area contributed by atoms with Gasteiger partial charge in [-0.15, -0.1) is 11.3 Å². The lowest BCUT2D eigenvalue weighted by molar-refractivity contribution is 0.0390. The second kappa shape index (κ2) is 5.47. The van der Waals surface area contributed by atoms with E-state index in [2.05, 4.69) is 0 Å². The molecule has 0 amide bonds. The van der Waals surface area contributed by atoms with Crippen LogP contribution in [0.1, 0.15) is 16.8 Å². The second-order valence-corrected chi connectivity index (χ2v) is 5.74. The zero-order valence-corrected chi connectivity index (χ0v) is 10.7. The Bertz CT molecular complexity index is 385. The van der Waals surface area contributed by atoms with Crippen LogP contribution in [-0.2, 0) is 9.47 Å². The number of carbonyl (C=O) groups excluding carboxylic acids is 1. The summed E-state index contributed by atoms with van der Waals surface area (Å²) < 4.78 is 11.5. The van der Waals surface area contributed by atoms with Gasteiger partial charge in [0.05, 0.1) is 22.6 Å². The van der Waals surface area contributed by atoms with E-state index in [1.807, 2.05) is 0 Å². The Morgan fingerprint density at radius 1 is 1.62 bits per heavy atom. The van der Waals surface area contributed by atoms with Crippen molar-refractivity contribution in [3.63, 3.8) is 0 Å². The van der Waals surface area contributed by atoms with Crippen molar-refractivity contribution in [1.82, 2.24) is 0 Å². The Hall–Kier alpha value is -0.130. The van der Waals surface area contributed by atoms with Gasteiger partial charge in [0.25, 0.3) is 0 Å². The van der Waals surface area contributed by atoms with Crippen molar-refractivity contribution in [2.24, 2.45) is 0 Å². The van der Waals surface area contributed by atoms with Gasteiger partial charge in [0.15, 0.2) is 5.78 Å². The van der Waals surface area contributed by atoms with Crippen LogP contribution in [0.15, 0.2) is 6.07 Å². The van der Waals surface area contributed by atoms with Gasteiger partial charge >= 0.3 is 0 Å². The molecule has 1 fully saturated rings. The summed E-state index contributed by atoms with van der Waals surface area (Å²) in [4.78, 5) is 11.7. The summed E-state index contributed by atoms with van der Waals surface area (Å²) in [6.07, 6.45) is 0.864. The molecule has 0 aliphatic carbocycles. The van der Waals surface area contributed by atoms with Crippen LogP contribution in [0.2, 0.25) is 8.67 Å². The van der Waals surface area contributed by atoms with Crippen molar-refractivity contribution in [3.05, 3.63) is 20.3 Å². The van der Waals surface area contributed by atoms with Gasteiger partial charge in [-0.05, 0) is 12.5 Å². The molecule has 0 radical (unpaired) electrons. The van der Waals surface area contributed by atoms with E-state index >= 15 is 0 Å². The number of ether oxygens (including phenoxy) is 2. The quantitative estimate of drug-likeness (QED) is 0.796. The third-order valence-electron chi connectivity index (χ3n) is 2.30. The number of hydrogen-bond donors (Lipinski definition) is 0. The van der Waals surface area contributed by atoms with Crippen LogP contribution in [0.5, 0.6) is 0 Å². The zero-order valence-electron chi connectivity index (χ0n) is 8.37. The Labute approximate surface area is 107 Å². The van der Waals surface area contributed by atoms with Gasteiger partial charge in [-0.25, -0.2) is 0 Å². The van der Waals surface area contributed by atoms with E-state index in [0.717, 1.165) is 6.42 Å². The molecule has 2 rings (SSSR count). The molecule has 0 N–H and O–H groups in total. The van der Waals surface area contributed by atoms with E-state index in [-0.39, 0.29) is 18.5 Å². The lowest BCUT2D eigenvalue weighted by Gasteiger charge is -2.08. The Balaban J connectivity index is 1.90. The van der Waals surface area contributed by atoms with Crippen LogP contribution in [0.25, 0.3) is 0 Å². The Kier molecular flexibility index (Phi) is 4.21. The van der Waals surface area contributed by atoms with Crippen molar-refractivity contribution in [3.8, 4) is 0 Å². The van der Waals surface area contributed by atoms with Crippen LogP contribution in [-0.4, -0.2) is 31.7 Å². The van der Waals surface area contributed by atoms with Crippen molar-refractivity contribution in [2.75, 3.05) is 19.8 Å². The van der Waals surface area contributed by atoms with Gasteiger partial charge in [-0.3, -0.25) is 4.79 Å². The highest BCUT2D eigenvalue weighted by Gasteiger charge is 2.19. The number of carbonyl (C=O) groups is 1. The molecule has 1 aromatic rings. The first-order chi connectivity index (χ1) is 7.66. The lowest BCUT2D eigenvalue weighted by Crippen LogP contribution is -2.18. The monoisotopic (exact) mass is 280 g/mol. The van der Waals surface area contributed by atoms with Crippen molar-refractivity contribution < 1.29 is 14.3 Å². The largest absolute Gasteiger partial charge is 0.379 e. The summed E-state index contributed by atoms with van der Waals surface area (Å²) in [6.45, 7) is 1.29. The molecule has 1 atom stereocenters. The fourth-order valence-electron chi connectivity index (χ4n) is 1.45. The third-order valence-corrected chi connectivity index (χ3v) is 3.78. The van der Waals surface area contributed by atoms with Crippen LogP contribution in [0.3, 0.4) is 0 Å². The van der Waals surface area contributed by atoms with Crippen LogP contribution in [0.4, 0.5) is 0 Å². The number of Topliss-reactive ketones (excluding diaryl/α,β-unsaturated/α-hetero) is 1. The maximum absolute atomic E-state index is 11.7. The molecular formula is C10H10Cl2O3S. The number of halogens is 2. The smallest absolute Gasteiger partial charge is 0.190 e. The Morgan fingerprint density at radius 2 is 2.44 bits per heavy atom. The van der Waals surface area contributed by atoms with E-state index in [1.165, 1.54) is 11.3 Å². The fraction of sp³-hybridized carbons (Fsp3) is 0.500. The van der Waals surface area contributed by atoms with Crippen molar-refractivity contribution in [2.45, 2.75) is 12.5 Å². The van der Waals surface area contributed by atoms with Crippen molar-refractivity contribution in [1.29, 1.82) is 0 Å². The van der Waals surface area contributed by atoms with E-state index in [1.54, 1.807) is 6.07 Å².